The van der Waals surface area contributed by atoms with Crippen LogP contribution in [0, 0.1) is 0 Å². The lowest BCUT2D eigenvalue weighted by Crippen LogP contribution is -2.30. The van der Waals surface area contributed by atoms with E-state index in [-0.39, 0.29) is 12.5 Å². The lowest BCUT2D eigenvalue weighted by atomic mass is 9.92. The summed E-state index contributed by atoms with van der Waals surface area (Å²) >= 11 is 0. The molecule has 0 aromatic heterocycles. The number of allylic oxidation sites excluding steroid dienone is 8. The summed E-state index contributed by atoms with van der Waals surface area (Å²) < 4.78 is 12.6. The number of hydrogen-bond donors (Lipinski definition) is 1. The van der Waals surface area contributed by atoms with Crippen molar-refractivity contribution in [3.8, 4) is 0 Å². The number of nitrogens with one attached hydrogen (secondary N) is 1. The van der Waals surface area contributed by atoms with E-state index in [4.69, 9.17) is 0 Å². The van der Waals surface area contributed by atoms with Gasteiger partial charge in [0.2, 0.25) is 0 Å². The number of alkyl halides is 1. The highest BCUT2D eigenvalue weighted by Crippen LogP contribution is 2.26. The fourth-order valence-electron chi connectivity index (χ4n) is 3.51. The molecule has 1 rings (SSSR count). The first-order valence-corrected chi connectivity index (χ1v) is 11.4. The van der Waals surface area contributed by atoms with Crippen LogP contribution in [0.2, 0.25) is 0 Å². The first-order valence-electron chi connectivity index (χ1n) is 11.4. The molecular weight excluding hydrogens is 387 g/mol. The van der Waals surface area contributed by atoms with Gasteiger partial charge in [-0.2, -0.15) is 0 Å². The molecule has 0 bridgehead atoms. The van der Waals surface area contributed by atoms with E-state index in [0.717, 1.165) is 43.4 Å². The van der Waals surface area contributed by atoms with Gasteiger partial charge in [-0.05, 0) is 69.2 Å². The monoisotopic (exact) mass is 428 g/mol. The zero-order valence-corrected chi connectivity index (χ0v) is 20.4. The van der Waals surface area contributed by atoms with Crippen LogP contribution in [0.25, 0.3) is 0 Å². The van der Waals surface area contributed by atoms with Crippen LogP contribution in [0.1, 0.15) is 66.7 Å². The van der Waals surface area contributed by atoms with E-state index in [2.05, 4.69) is 69.8 Å². The van der Waals surface area contributed by atoms with Crippen molar-refractivity contribution in [2.24, 2.45) is 0 Å². The summed E-state index contributed by atoms with van der Waals surface area (Å²) in [5, 5.41) is 3.41. The molecule has 4 heteroatoms. The fourth-order valence-corrected chi connectivity index (χ4v) is 3.51. The van der Waals surface area contributed by atoms with Gasteiger partial charge in [0.25, 0.3) is 0 Å². The molecule has 0 radical (unpaired) electrons. The van der Waals surface area contributed by atoms with Crippen LogP contribution in [0.5, 0.6) is 0 Å². The van der Waals surface area contributed by atoms with Crippen molar-refractivity contribution in [3.63, 3.8) is 0 Å². The normalized spacial score (nSPS) is 15.9. The molecule has 1 N–H and O–H groups in total. The Hall–Kier alpha value is -2.36. The Morgan fingerprint density at radius 3 is 2.61 bits per heavy atom. The lowest BCUT2D eigenvalue weighted by molar-refractivity contribution is -0.113. The molecule has 0 atom stereocenters. The Morgan fingerprint density at radius 2 is 2.03 bits per heavy atom. The molecule has 0 aromatic rings. The number of carbonyl (C=O) groups is 1. The molecule has 0 aliphatic carbocycles. The van der Waals surface area contributed by atoms with Gasteiger partial charge in [-0.3, -0.25) is 9.18 Å². The summed E-state index contributed by atoms with van der Waals surface area (Å²) in [6.45, 7) is 15.3. The highest BCUT2D eigenvalue weighted by atomic mass is 19.1. The molecule has 0 amide bonds. The zero-order chi connectivity index (χ0) is 23.4. The van der Waals surface area contributed by atoms with Crippen LogP contribution in [-0.4, -0.2) is 37.5 Å². The largest absolute Gasteiger partial charge is 0.385 e. The molecule has 0 fully saturated rings. The van der Waals surface area contributed by atoms with E-state index in [1.807, 2.05) is 6.20 Å². The first kappa shape index (κ1) is 26.7. The second kappa shape index (κ2) is 13.8. The summed E-state index contributed by atoms with van der Waals surface area (Å²) in [5.74, 6) is -0.0244. The first-order chi connectivity index (χ1) is 14.8. The second-order valence-corrected chi connectivity index (χ2v) is 8.28. The van der Waals surface area contributed by atoms with E-state index in [9.17, 15) is 9.18 Å². The Labute approximate surface area is 189 Å². The van der Waals surface area contributed by atoms with Gasteiger partial charge in [-0.15, -0.1) is 0 Å². The number of hydrogen-bond acceptors (Lipinski definition) is 3. The second-order valence-electron chi connectivity index (χ2n) is 8.28. The van der Waals surface area contributed by atoms with Crippen molar-refractivity contribution in [1.29, 1.82) is 0 Å². The molecule has 31 heavy (non-hydrogen) atoms. The van der Waals surface area contributed by atoms with E-state index in [1.165, 1.54) is 22.4 Å². The Kier molecular flexibility index (Phi) is 11.9. The van der Waals surface area contributed by atoms with Gasteiger partial charge in [-0.25, -0.2) is 0 Å². The standard InChI is InChI=1S/C27H41FN2O/c1-8-10-11-14-26(20(3)9-2)27(22(5)23(6)31)18-29-17-25-16-21(4)24(13-12-15-28)19-30(25)7/h11,14,16,18,29H,5,8-10,12-13,15,17,19H2,1-4,6-7H3/b14-11-,26-20-,27-18-. The topological polar surface area (TPSA) is 32.3 Å². The quantitative estimate of drug-likeness (QED) is 0.265. The van der Waals surface area contributed by atoms with Crippen molar-refractivity contribution < 1.29 is 9.18 Å². The number of halogens is 1. The van der Waals surface area contributed by atoms with Crippen molar-refractivity contribution in [2.75, 3.05) is 26.8 Å². The van der Waals surface area contributed by atoms with Crippen LogP contribution in [0.3, 0.4) is 0 Å². The van der Waals surface area contributed by atoms with Gasteiger partial charge in [0.05, 0.1) is 13.2 Å². The van der Waals surface area contributed by atoms with Crippen LogP contribution in [0.4, 0.5) is 4.39 Å². The summed E-state index contributed by atoms with van der Waals surface area (Å²) in [4.78, 5) is 14.4. The highest BCUT2D eigenvalue weighted by Gasteiger charge is 2.16. The molecule has 1 aliphatic rings. The van der Waals surface area contributed by atoms with E-state index < -0.39 is 0 Å². The van der Waals surface area contributed by atoms with Crippen molar-refractivity contribution in [1.82, 2.24) is 10.2 Å². The lowest BCUT2D eigenvalue weighted by Gasteiger charge is -2.29. The minimum absolute atomic E-state index is 0.0244. The third-order valence-corrected chi connectivity index (χ3v) is 5.77. The van der Waals surface area contributed by atoms with Crippen molar-refractivity contribution in [3.05, 3.63) is 70.1 Å². The number of carbonyl (C=O) groups excluding carboxylic acids is 1. The van der Waals surface area contributed by atoms with Crippen molar-refractivity contribution >= 4 is 5.78 Å². The zero-order valence-electron chi connectivity index (χ0n) is 20.4. The minimum atomic E-state index is -0.272. The average molecular weight is 429 g/mol. The Bertz CT molecular complexity index is 796. The Balaban J connectivity index is 3.14. The summed E-state index contributed by atoms with van der Waals surface area (Å²) in [6, 6.07) is 0. The highest BCUT2D eigenvalue weighted by molar-refractivity contribution is 5.98. The number of likely N-dealkylation sites (N-methyl/N-ethyl adjacent to an activating group) is 1. The summed E-state index contributed by atoms with van der Waals surface area (Å²) in [5.41, 5.74) is 7.37. The molecule has 1 aliphatic heterocycles. The molecule has 0 saturated heterocycles. The van der Waals surface area contributed by atoms with E-state index in [0.29, 0.717) is 18.5 Å². The molecule has 0 unspecified atom stereocenters. The van der Waals surface area contributed by atoms with Crippen LogP contribution in [0.15, 0.2) is 70.1 Å². The number of rotatable bonds is 13. The molecular formula is C27H41FN2O. The third kappa shape index (κ3) is 8.35. The maximum absolute atomic E-state index is 12.6. The predicted molar refractivity (Wildman–Crippen MR) is 132 cm³/mol. The fraction of sp³-hybridized carbons (Fsp3) is 0.519. The Morgan fingerprint density at radius 1 is 1.32 bits per heavy atom. The maximum Gasteiger partial charge on any atom is 0.159 e. The van der Waals surface area contributed by atoms with Gasteiger partial charge < -0.3 is 10.2 Å². The summed E-state index contributed by atoms with van der Waals surface area (Å²) in [7, 11) is 2.06. The molecule has 172 valence electrons. The number of Topliss-reactive ketones (excluding diaryl/α,β-unsaturated/α-hetero) is 1. The SMILES string of the molecule is C=C(C(C)=O)C(=C/NCC1=CC(C)=C(CCCF)CN1C)/C(/C=C\CCC)=C(/C)CC. The molecule has 0 aromatic carbocycles. The maximum atomic E-state index is 12.6. The van der Waals surface area contributed by atoms with Crippen LogP contribution in [-0.2, 0) is 4.79 Å². The molecule has 1 heterocycles. The van der Waals surface area contributed by atoms with E-state index in [1.54, 1.807) is 6.92 Å². The van der Waals surface area contributed by atoms with Gasteiger partial charge in [0.1, 0.15) is 0 Å². The average Bonchev–Trinajstić information content (AvgIpc) is 2.74. The molecule has 3 nitrogen and oxygen atoms in total. The number of unbranched alkanes of at least 4 members (excludes halogenated alkanes) is 1. The predicted octanol–water partition coefficient (Wildman–Crippen LogP) is 6.58. The molecule has 0 saturated carbocycles. The number of ketones is 1. The van der Waals surface area contributed by atoms with Crippen LogP contribution >= 0.6 is 0 Å². The smallest absolute Gasteiger partial charge is 0.159 e. The van der Waals surface area contributed by atoms with Gasteiger partial charge >= 0.3 is 0 Å². The third-order valence-electron chi connectivity index (χ3n) is 5.77. The van der Waals surface area contributed by atoms with E-state index >= 15 is 0 Å². The van der Waals surface area contributed by atoms with Crippen LogP contribution < -0.4 is 5.32 Å². The van der Waals surface area contributed by atoms with Gasteiger partial charge in [0.15, 0.2) is 5.78 Å². The van der Waals surface area contributed by atoms with Gasteiger partial charge in [-0.1, -0.05) is 44.6 Å². The van der Waals surface area contributed by atoms with Gasteiger partial charge in [0, 0.05) is 36.6 Å². The summed E-state index contributed by atoms with van der Waals surface area (Å²) in [6.07, 6.45) is 12.8. The van der Waals surface area contributed by atoms with Crippen molar-refractivity contribution in [2.45, 2.75) is 66.7 Å². The minimum Gasteiger partial charge on any atom is -0.385 e. The molecule has 0 spiro atoms. The number of nitrogens with zero attached hydrogens (tertiary/aromatic N) is 1.